The zero-order valence-corrected chi connectivity index (χ0v) is 19.8. The molecular formula is C23H36N4O6. The fraction of sp³-hybridized carbons (Fsp3) is 0.783. The second-order valence-corrected chi connectivity index (χ2v) is 10.2. The fourth-order valence-electron chi connectivity index (χ4n) is 4.44. The summed E-state index contributed by atoms with van der Waals surface area (Å²) in [4.78, 5) is 41.5. The molecule has 0 radical (unpaired) electrons. The molecule has 3 rings (SSSR count). The van der Waals surface area contributed by atoms with Gasteiger partial charge >= 0.3 is 12.1 Å². The first-order chi connectivity index (χ1) is 15.6. The molecule has 1 aliphatic carbocycles. The highest BCUT2D eigenvalue weighted by Crippen LogP contribution is 2.31. The van der Waals surface area contributed by atoms with Gasteiger partial charge in [0.25, 0.3) is 11.7 Å². The van der Waals surface area contributed by atoms with Crippen LogP contribution >= 0.6 is 0 Å². The molecule has 10 heteroatoms. The molecule has 1 atom stereocenters. The molecule has 1 saturated heterocycles. The van der Waals surface area contributed by atoms with Crippen LogP contribution in [0.1, 0.15) is 101 Å². The Morgan fingerprint density at radius 2 is 1.91 bits per heavy atom. The molecule has 1 saturated carbocycles. The Hall–Kier alpha value is -2.65. The highest BCUT2D eigenvalue weighted by atomic mass is 16.6. The van der Waals surface area contributed by atoms with Crippen LogP contribution in [-0.4, -0.2) is 62.8 Å². The maximum absolute atomic E-state index is 12.5. The Labute approximate surface area is 194 Å². The maximum Gasteiger partial charge on any atom is 0.410 e. The summed E-state index contributed by atoms with van der Waals surface area (Å²) >= 11 is 0. The van der Waals surface area contributed by atoms with Crippen molar-refractivity contribution in [1.29, 1.82) is 0 Å². The second-order valence-electron chi connectivity index (χ2n) is 10.2. The van der Waals surface area contributed by atoms with Gasteiger partial charge in [0.2, 0.25) is 5.89 Å². The summed E-state index contributed by atoms with van der Waals surface area (Å²) in [5.41, 5.74) is -0.574. The van der Waals surface area contributed by atoms with Crippen LogP contribution in [0.25, 0.3) is 0 Å². The number of carbonyl (C=O) groups excluding carboxylic acids is 2. The van der Waals surface area contributed by atoms with Crippen LogP contribution in [0.5, 0.6) is 0 Å². The van der Waals surface area contributed by atoms with Crippen LogP contribution in [0.2, 0.25) is 0 Å². The predicted molar refractivity (Wildman–Crippen MR) is 119 cm³/mol. The van der Waals surface area contributed by atoms with Crippen molar-refractivity contribution in [1.82, 2.24) is 20.4 Å². The van der Waals surface area contributed by atoms with E-state index in [0.717, 1.165) is 18.8 Å². The van der Waals surface area contributed by atoms with Crippen LogP contribution in [0, 0.1) is 5.92 Å². The fourth-order valence-corrected chi connectivity index (χ4v) is 4.44. The van der Waals surface area contributed by atoms with Gasteiger partial charge in [0.1, 0.15) is 5.60 Å². The number of likely N-dealkylation sites (tertiary alicyclic amines) is 1. The first-order valence-corrected chi connectivity index (χ1v) is 11.9. The summed E-state index contributed by atoms with van der Waals surface area (Å²) in [6.07, 6.45) is 8.46. The lowest BCUT2D eigenvalue weighted by Crippen LogP contribution is -2.61. The first kappa shape index (κ1) is 25.0. The molecule has 2 aliphatic rings. The predicted octanol–water partition coefficient (Wildman–Crippen LogP) is 3.73. The molecular weight excluding hydrogens is 428 g/mol. The van der Waals surface area contributed by atoms with E-state index in [1.807, 2.05) is 0 Å². The van der Waals surface area contributed by atoms with Gasteiger partial charge in [-0.2, -0.15) is 4.98 Å². The van der Waals surface area contributed by atoms with Gasteiger partial charge in [-0.3, -0.25) is 9.59 Å². The minimum Gasteiger partial charge on any atom is -0.481 e. The van der Waals surface area contributed by atoms with Gasteiger partial charge in [0.05, 0.1) is 12.5 Å². The summed E-state index contributed by atoms with van der Waals surface area (Å²) in [5.74, 6) is -1.06. The van der Waals surface area contributed by atoms with Gasteiger partial charge in [-0.25, -0.2) is 4.79 Å². The van der Waals surface area contributed by atoms with Crippen molar-refractivity contribution in [2.75, 3.05) is 13.1 Å². The van der Waals surface area contributed by atoms with E-state index in [2.05, 4.69) is 15.5 Å². The minimum absolute atomic E-state index is 0.110. The number of carboxylic acid groups (broad SMARTS) is 1. The Bertz CT molecular complexity index is 821. The van der Waals surface area contributed by atoms with E-state index in [0.29, 0.717) is 19.5 Å². The molecule has 2 heterocycles. The quantitative estimate of drug-likeness (QED) is 0.564. The standard InChI is InChI=1S/C23H36N4O6/c1-23(2,3)32-22(31)27-13-17(14-27)24-20(30)19-25-21(33-26-19)16(12-18(28)29)11-7-10-15-8-5-4-6-9-15/h15-17H,4-14H2,1-3H3,(H,24,30)(H,28,29)/t16-/m1/s1. The second kappa shape index (κ2) is 11.0. The average Bonchev–Trinajstić information content (AvgIpc) is 3.19. The average molecular weight is 465 g/mol. The maximum atomic E-state index is 12.5. The van der Waals surface area contributed by atoms with Crippen LogP contribution in [0.15, 0.2) is 4.52 Å². The number of amides is 2. The van der Waals surface area contributed by atoms with Crippen molar-refractivity contribution in [3.05, 3.63) is 11.7 Å². The smallest absolute Gasteiger partial charge is 0.410 e. The van der Waals surface area contributed by atoms with E-state index in [9.17, 15) is 19.5 Å². The minimum atomic E-state index is -0.932. The number of nitrogens with zero attached hydrogens (tertiary/aromatic N) is 3. The molecule has 0 spiro atoms. The summed E-state index contributed by atoms with van der Waals surface area (Å²) in [6, 6.07) is -0.225. The third-order valence-electron chi connectivity index (χ3n) is 6.17. The topological polar surface area (TPSA) is 135 Å². The number of ether oxygens (including phenoxy) is 1. The van der Waals surface area contributed by atoms with Crippen molar-refractivity contribution in [2.24, 2.45) is 5.92 Å². The Balaban J connectivity index is 1.48. The number of nitrogens with one attached hydrogen (secondary N) is 1. The van der Waals surface area contributed by atoms with Crippen LogP contribution in [0.4, 0.5) is 4.79 Å². The van der Waals surface area contributed by atoms with E-state index in [1.54, 1.807) is 20.8 Å². The molecule has 0 unspecified atom stereocenters. The summed E-state index contributed by atoms with van der Waals surface area (Å²) in [6.45, 7) is 6.07. The van der Waals surface area contributed by atoms with Gasteiger partial charge < -0.3 is 24.6 Å². The number of hydrogen-bond donors (Lipinski definition) is 2. The number of rotatable bonds is 9. The lowest BCUT2D eigenvalue weighted by atomic mass is 9.84. The largest absolute Gasteiger partial charge is 0.481 e. The number of hydrogen-bond acceptors (Lipinski definition) is 7. The van der Waals surface area contributed by atoms with Crippen molar-refractivity contribution in [3.63, 3.8) is 0 Å². The lowest BCUT2D eigenvalue weighted by Gasteiger charge is -2.39. The molecule has 33 heavy (non-hydrogen) atoms. The SMILES string of the molecule is CC(C)(C)OC(=O)N1CC(NC(=O)c2noc([C@H](CCCC3CCCCC3)CC(=O)O)n2)C1. The van der Waals surface area contributed by atoms with Crippen molar-refractivity contribution >= 4 is 18.0 Å². The van der Waals surface area contributed by atoms with Crippen molar-refractivity contribution in [3.8, 4) is 0 Å². The molecule has 184 valence electrons. The molecule has 0 bridgehead atoms. The van der Waals surface area contributed by atoms with Gasteiger partial charge in [-0.15, -0.1) is 0 Å². The molecule has 2 N–H and O–H groups in total. The molecule has 1 aromatic rings. The molecule has 1 aromatic heterocycles. The van der Waals surface area contributed by atoms with Gasteiger partial charge in [0.15, 0.2) is 0 Å². The Morgan fingerprint density at radius 3 is 2.55 bits per heavy atom. The normalized spacial score (nSPS) is 18.5. The monoisotopic (exact) mass is 464 g/mol. The van der Waals surface area contributed by atoms with Crippen molar-refractivity contribution in [2.45, 2.75) is 96.1 Å². The highest BCUT2D eigenvalue weighted by Gasteiger charge is 2.35. The summed E-state index contributed by atoms with van der Waals surface area (Å²) in [5, 5.41) is 15.8. The molecule has 0 aromatic carbocycles. The highest BCUT2D eigenvalue weighted by molar-refractivity contribution is 5.90. The third-order valence-corrected chi connectivity index (χ3v) is 6.17. The van der Waals surface area contributed by atoms with Gasteiger partial charge in [-0.1, -0.05) is 50.1 Å². The number of carbonyl (C=O) groups is 3. The molecule has 2 fully saturated rings. The third kappa shape index (κ3) is 7.71. The van der Waals surface area contributed by atoms with E-state index in [4.69, 9.17) is 9.26 Å². The number of aliphatic carboxylic acids is 1. The van der Waals surface area contributed by atoms with Gasteiger partial charge in [-0.05, 0) is 33.1 Å². The molecule has 2 amide bonds. The number of aromatic nitrogens is 2. The molecule has 10 nitrogen and oxygen atoms in total. The first-order valence-electron chi connectivity index (χ1n) is 11.9. The van der Waals surface area contributed by atoms with E-state index >= 15 is 0 Å². The van der Waals surface area contributed by atoms with Crippen LogP contribution < -0.4 is 5.32 Å². The van der Waals surface area contributed by atoms with Crippen LogP contribution in [0.3, 0.4) is 0 Å². The van der Waals surface area contributed by atoms with Crippen LogP contribution in [-0.2, 0) is 9.53 Å². The Morgan fingerprint density at radius 1 is 1.21 bits per heavy atom. The van der Waals surface area contributed by atoms with E-state index in [-0.39, 0.29) is 24.2 Å². The zero-order valence-electron chi connectivity index (χ0n) is 19.8. The zero-order chi connectivity index (χ0) is 24.0. The lowest BCUT2D eigenvalue weighted by molar-refractivity contribution is -0.137. The summed E-state index contributed by atoms with van der Waals surface area (Å²) in [7, 11) is 0. The summed E-state index contributed by atoms with van der Waals surface area (Å²) < 4.78 is 10.6. The van der Waals surface area contributed by atoms with Crippen molar-refractivity contribution < 1.29 is 28.8 Å². The Kier molecular flexibility index (Phi) is 8.31. The number of carboxylic acids is 1. The van der Waals surface area contributed by atoms with E-state index < -0.39 is 29.5 Å². The molecule has 1 aliphatic heterocycles. The van der Waals surface area contributed by atoms with Gasteiger partial charge in [0, 0.05) is 19.0 Å². The van der Waals surface area contributed by atoms with E-state index in [1.165, 1.54) is 37.0 Å².